The summed E-state index contributed by atoms with van der Waals surface area (Å²) in [7, 11) is -3.29. The molecule has 0 spiro atoms. The largest absolute Gasteiger partial charge is 0.354 e. The Labute approximate surface area is 179 Å². The second-order valence-corrected chi connectivity index (χ2v) is 10.2. The second kappa shape index (κ2) is 7.35. The van der Waals surface area contributed by atoms with Crippen LogP contribution in [0.3, 0.4) is 0 Å². The summed E-state index contributed by atoms with van der Waals surface area (Å²) in [5.74, 6) is -0.298. The molecule has 1 aromatic heterocycles. The maximum absolute atomic E-state index is 13.0. The molecule has 158 valence electrons. The Kier molecular flexibility index (Phi) is 4.94. The first kappa shape index (κ1) is 20.8. The molecule has 7 heteroatoms. The molecule has 0 aliphatic rings. The van der Waals surface area contributed by atoms with Gasteiger partial charge in [-0.25, -0.2) is 8.42 Å². The Balaban J connectivity index is 1.66. The molecule has 1 heterocycles. The highest BCUT2D eigenvalue weighted by Gasteiger charge is 2.24. The molecule has 0 aliphatic heterocycles. The number of pyridine rings is 1. The summed E-state index contributed by atoms with van der Waals surface area (Å²) in [6, 6.07) is 18.7. The van der Waals surface area contributed by atoms with Gasteiger partial charge in [-0.1, -0.05) is 24.3 Å². The molecule has 31 heavy (non-hydrogen) atoms. The molecular weight excluding hydrogens is 412 g/mol. The van der Waals surface area contributed by atoms with E-state index in [1.54, 1.807) is 36.4 Å². The molecule has 0 fully saturated rings. The lowest BCUT2D eigenvalue weighted by molar-refractivity contribution is 0.0912. The van der Waals surface area contributed by atoms with E-state index >= 15 is 0 Å². The number of hydrogen-bond acceptors (Lipinski definition) is 4. The van der Waals surface area contributed by atoms with Crippen molar-refractivity contribution in [3.8, 4) is 0 Å². The van der Waals surface area contributed by atoms with Gasteiger partial charge < -0.3 is 10.3 Å². The predicted octanol–water partition coefficient (Wildman–Crippen LogP) is 3.75. The summed E-state index contributed by atoms with van der Waals surface area (Å²) in [6.45, 7) is 3.69. The summed E-state index contributed by atoms with van der Waals surface area (Å²) in [5, 5.41) is 4.11. The molecule has 0 saturated carbocycles. The summed E-state index contributed by atoms with van der Waals surface area (Å²) in [5.41, 5.74) is 1.67. The molecule has 4 rings (SSSR count). The SMILES string of the molecule is CC(C)(NC(=O)c1ccc2c(=O)c3ccccc3[nH]c2c1)c1ccc(S(C)(=O)=O)cc1. The molecule has 0 unspecified atom stereocenters. The highest BCUT2D eigenvalue weighted by atomic mass is 32.2. The van der Waals surface area contributed by atoms with Gasteiger partial charge in [-0.05, 0) is 61.9 Å². The molecule has 0 atom stereocenters. The molecule has 0 saturated heterocycles. The highest BCUT2D eigenvalue weighted by molar-refractivity contribution is 7.90. The quantitative estimate of drug-likeness (QED) is 0.478. The van der Waals surface area contributed by atoms with Crippen LogP contribution in [-0.4, -0.2) is 25.6 Å². The number of para-hydroxylation sites is 1. The molecule has 1 amide bonds. The zero-order valence-corrected chi connectivity index (χ0v) is 18.2. The van der Waals surface area contributed by atoms with Gasteiger partial charge in [0.1, 0.15) is 0 Å². The van der Waals surface area contributed by atoms with Crippen molar-refractivity contribution in [2.75, 3.05) is 6.26 Å². The lowest BCUT2D eigenvalue weighted by Gasteiger charge is -2.27. The van der Waals surface area contributed by atoms with Gasteiger partial charge in [-0.15, -0.1) is 0 Å². The zero-order valence-electron chi connectivity index (χ0n) is 17.4. The van der Waals surface area contributed by atoms with Gasteiger partial charge in [0.05, 0.1) is 16.0 Å². The van der Waals surface area contributed by atoms with E-state index in [0.717, 1.165) is 11.8 Å². The van der Waals surface area contributed by atoms with Crippen LogP contribution >= 0.6 is 0 Å². The Morgan fingerprint density at radius 1 is 0.903 bits per heavy atom. The first-order valence-corrected chi connectivity index (χ1v) is 11.6. The number of carbonyl (C=O) groups is 1. The number of rotatable bonds is 4. The average Bonchev–Trinajstić information content (AvgIpc) is 2.73. The minimum absolute atomic E-state index is 0.0809. The number of benzene rings is 3. The fraction of sp³-hybridized carbons (Fsp3) is 0.167. The number of fused-ring (bicyclic) bond motifs is 2. The molecule has 0 bridgehead atoms. The van der Waals surface area contributed by atoms with E-state index in [-0.39, 0.29) is 16.2 Å². The molecule has 0 radical (unpaired) electrons. The Morgan fingerprint density at radius 2 is 1.55 bits per heavy atom. The van der Waals surface area contributed by atoms with E-state index in [2.05, 4.69) is 10.3 Å². The van der Waals surface area contributed by atoms with E-state index in [4.69, 9.17) is 0 Å². The van der Waals surface area contributed by atoms with Gasteiger partial charge in [0.15, 0.2) is 15.3 Å². The summed E-state index contributed by atoms with van der Waals surface area (Å²) < 4.78 is 23.3. The minimum Gasteiger partial charge on any atom is -0.354 e. The number of sulfone groups is 1. The van der Waals surface area contributed by atoms with Gasteiger partial charge in [-0.2, -0.15) is 0 Å². The van der Waals surface area contributed by atoms with Crippen LogP contribution in [0.1, 0.15) is 29.8 Å². The lowest BCUT2D eigenvalue weighted by atomic mass is 9.94. The van der Waals surface area contributed by atoms with E-state index < -0.39 is 15.4 Å². The third kappa shape index (κ3) is 3.96. The maximum Gasteiger partial charge on any atom is 0.252 e. The zero-order chi connectivity index (χ0) is 22.4. The third-order valence-corrected chi connectivity index (χ3v) is 6.53. The fourth-order valence-corrected chi connectivity index (χ4v) is 4.24. The topological polar surface area (TPSA) is 96.1 Å². The number of nitrogens with one attached hydrogen (secondary N) is 2. The molecule has 4 aromatic rings. The molecule has 0 aliphatic carbocycles. The Morgan fingerprint density at radius 3 is 2.23 bits per heavy atom. The summed E-state index contributed by atoms with van der Waals surface area (Å²) >= 11 is 0. The lowest BCUT2D eigenvalue weighted by Crippen LogP contribution is -2.41. The van der Waals surface area contributed by atoms with Crippen molar-refractivity contribution in [2.24, 2.45) is 0 Å². The number of hydrogen-bond donors (Lipinski definition) is 2. The van der Waals surface area contributed by atoms with Crippen LogP contribution in [0.15, 0.2) is 76.4 Å². The Hall–Kier alpha value is -3.45. The first-order valence-electron chi connectivity index (χ1n) is 9.74. The van der Waals surface area contributed by atoms with Crippen LogP contribution < -0.4 is 10.7 Å². The van der Waals surface area contributed by atoms with Gasteiger partial charge in [0, 0.05) is 28.1 Å². The van der Waals surface area contributed by atoms with Gasteiger partial charge in [0.2, 0.25) is 0 Å². The number of aromatic amines is 1. The van der Waals surface area contributed by atoms with E-state index in [9.17, 15) is 18.0 Å². The highest BCUT2D eigenvalue weighted by Crippen LogP contribution is 2.23. The fourth-order valence-electron chi connectivity index (χ4n) is 3.61. The monoisotopic (exact) mass is 434 g/mol. The van der Waals surface area contributed by atoms with Crippen molar-refractivity contribution < 1.29 is 13.2 Å². The third-order valence-electron chi connectivity index (χ3n) is 5.40. The van der Waals surface area contributed by atoms with Gasteiger partial charge in [0.25, 0.3) is 5.91 Å². The van der Waals surface area contributed by atoms with Crippen LogP contribution in [-0.2, 0) is 15.4 Å². The van der Waals surface area contributed by atoms with E-state index in [1.807, 2.05) is 32.0 Å². The van der Waals surface area contributed by atoms with Crippen molar-refractivity contribution in [1.29, 1.82) is 0 Å². The molecule has 6 nitrogen and oxygen atoms in total. The maximum atomic E-state index is 13.0. The van der Waals surface area contributed by atoms with Crippen molar-refractivity contribution in [3.63, 3.8) is 0 Å². The summed E-state index contributed by atoms with van der Waals surface area (Å²) in [4.78, 5) is 29.1. The number of amides is 1. The van der Waals surface area contributed by atoms with Crippen molar-refractivity contribution in [1.82, 2.24) is 10.3 Å². The smallest absolute Gasteiger partial charge is 0.252 e. The minimum atomic E-state index is -3.29. The predicted molar refractivity (Wildman–Crippen MR) is 122 cm³/mol. The molecule has 2 N–H and O–H groups in total. The van der Waals surface area contributed by atoms with E-state index in [0.29, 0.717) is 27.4 Å². The van der Waals surface area contributed by atoms with Crippen molar-refractivity contribution >= 4 is 37.6 Å². The Bertz CT molecular complexity index is 1480. The summed E-state index contributed by atoms with van der Waals surface area (Å²) in [6.07, 6.45) is 1.15. The van der Waals surface area contributed by atoms with E-state index in [1.165, 1.54) is 12.1 Å². The van der Waals surface area contributed by atoms with Gasteiger partial charge in [-0.3, -0.25) is 9.59 Å². The standard InChI is InChI=1S/C24H22N2O4S/c1-24(2,16-9-11-17(12-10-16)31(3,29)30)26-23(28)15-8-13-19-21(14-15)25-20-7-5-4-6-18(20)22(19)27/h4-14H,1-3H3,(H,25,27)(H,26,28). The average molecular weight is 435 g/mol. The molecular formula is C24H22N2O4S. The first-order chi connectivity index (χ1) is 14.6. The van der Waals surface area contributed by atoms with Crippen molar-refractivity contribution in [3.05, 3.63) is 88.1 Å². The van der Waals surface area contributed by atoms with Crippen LogP contribution in [0.25, 0.3) is 21.8 Å². The van der Waals surface area contributed by atoms with Crippen LogP contribution in [0.5, 0.6) is 0 Å². The molecule has 3 aromatic carbocycles. The van der Waals surface area contributed by atoms with Crippen LogP contribution in [0.4, 0.5) is 0 Å². The normalized spacial score (nSPS) is 12.2. The number of H-pyrrole nitrogens is 1. The number of carbonyl (C=O) groups excluding carboxylic acids is 1. The second-order valence-electron chi connectivity index (χ2n) is 8.14. The van der Waals surface area contributed by atoms with Gasteiger partial charge >= 0.3 is 0 Å². The van der Waals surface area contributed by atoms with Crippen LogP contribution in [0, 0.1) is 0 Å². The van der Waals surface area contributed by atoms with Crippen molar-refractivity contribution in [2.45, 2.75) is 24.3 Å². The van der Waals surface area contributed by atoms with Crippen LogP contribution in [0.2, 0.25) is 0 Å². The number of aromatic nitrogens is 1.